The minimum atomic E-state index is -1.38. The summed E-state index contributed by atoms with van der Waals surface area (Å²) in [5, 5.41) is 24.7. The van der Waals surface area contributed by atoms with Crippen LogP contribution < -0.4 is 16.0 Å². The minimum absolute atomic E-state index is 0.205. The maximum absolute atomic E-state index is 11.7. The van der Waals surface area contributed by atoms with Gasteiger partial charge in [-0.2, -0.15) is 0 Å². The van der Waals surface area contributed by atoms with Crippen LogP contribution in [0.4, 0.5) is 4.79 Å². The molecule has 0 bridgehead atoms. The fraction of sp³-hybridized carbons (Fsp3) is 0.700. The van der Waals surface area contributed by atoms with Gasteiger partial charge in [0.1, 0.15) is 0 Å². The molecule has 1 aliphatic heterocycles. The van der Waals surface area contributed by atoms with E-state index in [1.165, 1.54) is 0 Å². The molecule has 1 fully saturated rings. The Labute approximate surface area is 110 Å². The number of urea groups is 1. The smallest absolute Gasteiger partial charge is 0.328 e. The molecule has 0 saturated carbocycles. The van der Waals surface area contributed by atoms with Crippen LogP contribution in [0, 0.1) is 0 Å². The molecule has 0 radical (unpaired) electrons. The number of carbonyl (C=O) groups is 3. The average Bonchev–Trinajstić information content (AvgIpc) is 2.42. The van der Waals surface area contributed by atoms with Crippen molar-refractivity contribution in [2.45, 2.75) is 6.04 Å². The van der Waals surface area contributed by atoms with Gasteiger partial charge in [0.05, 0.1) is 13.2 Å². The minimum Gasteiger partial charge on any atom is -0.480 e. The zero-order valence-electron chi connectivity index (χ0n) is 10.4. The van der Waals surface area contributed by atoms with Gasteiger partial charge in [-0.3, -0.25) is 4.79 Å². The summed E-state index contributed by atoms with van der Waals surface area (Å²) in [6.45, 7) is 1.66. The van der Waals surface area contributed by atoms with Crippen LogP contribution in [-0.4, -0.2) is 78.4 Å². The lowest BCUT2D eigenvalue weighted by Crippen LogP contribution is -2.52. The maximum atomic E-state index is 11.7. The number of aliphatic carboxylic acids is 1. The highest BCUT2D eigenvalue weighted by molar-refractivity contribution is 5.86. The molecule has 0 aromatic rings. The van der Waals surface area contributed by atoms with Crippen LogP contribution in [0.5, 0.6) is 0 Å². The molecule has 0 aromatic carbocycles. The molecule has 0 unspecified atom stereocenters. The molecule has 0 aromatic heterocycles. The van der Waals surface area contributed by atoms with Crippen LogP contribution in [0.25, 0.3) is 0 Å². The summed E-state index contributed by atoms with van der Waals surface area (Å²) < 4.78 is 0. The molecule has 1 atom stereocenters. The largest absolute Gasteiger partial charge is 0.480 e. The Morgan fingerprint density at radius 3 is 2.42 bits per heavy atom. The highest BCUT2D eigenvalue weighted by atomic mass is 16.4. The molecule has 1 heterocycles. The van der Waals surface area contributed by atoms with Crippen LogP contribution in [0.1, 0.15) is 0 Å². The van der Waals surface area contributed by atoms with E-state index in [9.17, 15) is 14.4 Å². The Morgan fingerprint density at radius 1 is 1.26 bits per heavy atom. The Balaban J connectivity index is 2.29. The number of carboxylic acid groups (broad SMARTS) is 1. The van der Waals surface area contributed by atoms with Crippen molar-refractivity contribution < 1.29 is 24.6 Å². The Kier molecular flexibility index (Phi) is 6.03. The van der Waals surface area contributed by atoms with Crippen LogP contribution in [-0.2, 0) is 9.59 Å². The van der Waals surface area contributed by atoms with E-state index in [4.69, 9.17) is 10.2 Å². The number of hydrogen-bond acceptors (Lipinski definition) is 5. The fourth-order valence-electron chi connectivity index (χ4n) is 1.58. The van der Waals surface area contributed by atoms with Crippen molar-refractivity contribution in [3.63, 3.8) is 0 Å². The molecule has 0 spiro atoms. The van der Waals surface area contributed by atoms with E-state index in [-0.39, 0.29) is 12.5 Å². The molecule has 1 saturated heterocycles. The van der Waals surface area contributed by atoms with Gasteiger partial charge < -0.3 is 31.1 Å². The lowest BCUT2D eigenvalue weighted by molar-refractivity contribution is -0.140. The molecular formula is C10H18N4O5. The van der Waals surface area contributed by atoms with Gasteiger partial charge in [0, 0.05) is 26.2 Å². The number of aliphatic hydroxyl groups is 1. The predicted molar refractivity (Wildman–Crippen MR) is 64.5 cm³/mol. The first-order valence-electron chi connectivity index (χ1n) is 5.91. The van der Waals surface area contributed by atoms with Crippen molar-refractivity contribution in [1.82, 2.24) is 20.9 Å². The third kappa shape index (κ3) is 5.10. The molecule has 1 aliphatic rings. The molecule has 108 valence electrons. The second-order valence-corrected chi connectivity index (χ2v) is 4.03. The third-order valence-corrected chi connectivity index (χ3v) is 2.66. The van der Waals surface area contributed by atoms with E-state index in [2.05, 4.69) is 10.6 Å². The van der Waals surface area contributed by atoms with Gasteiger partial charge in [0.25, 0.3) is 0 Å². The number of rotatable bonds is 5. The molecule has 9 heteroatoms. The standard InChI is InChI=1S/C10H18N4O5/c15-6-7(9(17)18)13-10(19)12-5-8(16)14-3-1-11-2-4-14/h7,11,15H,1-6H2,(H,17,18)(H2,12,13,19)/t7-/m0/s1. The first-order valence-corrected chi connectivity index (χ1v) is 5.91. The van der Waals surface area contributed by atoms with Crippen LogP contribution in [0.2, 0.25) is 0 Å². The predicted octanol–water partition coefficient (Wildman–Crippen LogP) is -2.84. The first kappa shape index (κ1) is 15.2. The second-order valence-electron chi connectivity index (χ2n) is 4.03. The number of aliphatic hydroxyl groups excluding tert-OH is 1. The van der Waals surface area contributed by atoms with Crippen LogP contribution in [0.3, 0.4) is 0 Å². The van der Waals surface area contributed by atoms with E-state index in [0.717, 1.165) is 0 Å². The summed E-state index contributed by atoms with van der Waals surface area (Å²) >= 11 is 0. The van der Waals surface area contributed by atoms with E-state index in [1.54, 1.807) is 4.90 Å². The van der Waals surface area contributed by atoms with Crippen LogP contribution in [0.15, 0.2) is 0 Å². The normalized spacial score (nSPS) is 16.6. The maximum Gasteiger partial charge on any atom is 0.328 e. The van der Waals surface area contributed by atoms with E-state index in [1.807, 2.05) is 5.32 Å². The lowest BCUT2D eigenvalue weighted by Gasteiger charge is -2.27. The highest BCUT2D eigenvalue weighted by Gasteiger charge is 2.20. The van der Waals surface area contributed by atoms with Gasteiger partial charge >= 0.3 is 12.0 Å². The van der Waals surface area contributed by atoms with Gasteiger partial charge in [-0.15, -0.1) is 0 Å². The van der Waals surface area contributed by atoms with Crippen molar-refractivity contribution in [3.05, 3.63) is 0 Å². The molecule has 3 amide bonds. The van der Waals surface area contributed by atoms with Gasteiger partial charge in [-0.05, 0) is 0 Å². The third-order valence-electron chi connectivity index (χ3n) is 2.66. The molecule has 1 rings (SSSR count). The molecule has 0 aliphatic carbocycles. The van der Waals surface area contributed by atoms with Crippen molar-refractivity contribution in [3.8, 4) is 0 Å². The quantitative estimate of drug-likeness (QED) is 0.367. The fourth-order valence-corrected chi connectivity index (χ4v) is 1.58. The van der Waals surface area contributed by atoms with E-state index < -0.39 is 24.6 Å². The number of nitrogens with one attached hydrogen (secondary N) is 3. The average molecular weight is 274 g/mol. The zero-order valence-corrected chi connectivity index (χ0v) is 10.4. The second kappa shape index (κ2) is 7.54. The Morgan fingerprint density at radius 2 is 1.89 bits per heavy atom. The number of piperazine rings is 1. The summed E-state index contributed by atoms with van der Waals surface area (Å²) in [7, 11) is 0. The lowest BCUT2D eigenvalue weighted by atomic mass is 10.3. The van der Waals surface area contributed by atoms with Crippen molar-refractivity contribution in [2.24, 2.45) is 0 Å². The number of carboxylic acids is 1. The molecule has 5 N–H and O–H groups in total. The highest BCUT2D eigenvalue weighted by Crippen LogP contribution is 1.92. The van der Waals surface area contributed by atoms with Crippen LogP contribution >= 0.6 is 0 Å². The summed E-state index contributed by atoms with van der Waals surface area (Å²) in [6.07, 6.45) is 0. The molecular weight excluding hydrogens is 256 g/mol. The van der Waals surface area contributed by atoms with Crippen molar-refractivity contribution >= 4 is 17.9 Å². The SMILES string of the molecule is O=C(NCC(=O)N1CCNCC1)N[C@@H](CO)C(=O)O. The Hall–Kier alpha value is -1.87. The zero-order chi connectivity index (χ0) is 14.3. The first-order chi connectivity index (χ1) is 9.04. The van der Waals surface area contributed by atoms with E-state index >= 15 is 0 Å². The number of carbonyl (C=O) groups excluding carboxylic acids is 2. The number of amides is 3. The number of hydrogen-bond donors (Lipinski definition) is 5. The van der Waals surface area contributed by atoms with Gasteiger partial charge in [0.2, 0.25) is 5.91 Å². The topological polar surface area (TPSA) is 131 Å². The van der Waals surface area contributed by atoms with E-state index in [0.29, 0.717) is 26.2 Å². The number of nitrogens with zero attached hydrogens (tertiary/aromatic N) is 1. The molecule has 19 heavy (non-hydrogen) atoms. The van der Waals surface area contributed by atoms with Gasteiger partial charge in [-0.25, -0.2) is 9.59 Å². The monoisotopic (exact) mass is 274 g/mol. The van der Waals surface area contributed by atoms with Gasteiger partial charge in [-0.1, -0.05) is 0 Å². The Bertz CT molecular complexity index is 343. The summed E-state index contributed by atoms with van der Waals surface area (Å²) in [5.74, 6) is -1.57. The summed E-state index contributed by atoms with van der Waals surface area (Å²) in [6, 6.07) is -2.18. The van der Waals surface area contributed by atoms with Crippen molar-refractivity contribution in [2.75, 3.05) is 39.3 Å². The molecule has 9 nitrogen and oxygen atoms in total. The summed E-state index contributed by atoms with van der Waals surface area (Å²) in [5.41, 5.74) is 0. The summed E-state index contributed by atoms with van der Waals surface area (Å²) in [4.78, 5) is 35.2. The van der Waals surface area contributed by atoms with Crippen molar-refractivity contribution in [1.29, 1.82) is 0 Å². The van der Waals surface area contributed by atoms with Gasteiger partial charge in [0.15, 0.2) is 6.04 Å².